The second-order valence-corrected chi connectivity index (χ2v) is 15.0. The average Bonchev–Trinajstić information content (AvgIpc) is 3.43. The third kappa shape index (κ3) is 27.0. The molecule has 0 bridgehead atoms. The highest BCUT2D eigenvalue weighted by Gasteiger charge is 2.24. The molecule has 1 aliphatic heterocycles. The lowest BCUT2D eigenvalue weighted by Gasteiger charge is -2.33. The largest absolute Gasteiger partial charge is 0.356 e. The van der Waals surface area contributed by atoms with E-state index in [9.17, 15) is 0 Å². The maximum Gasteiger partial charge on any atom is 0.101 e. The predicted octanol–water partition coefficient (Wildman–Crippen LogP) is 15.1. The van der Waals surface area contributed by atoms with Gasteiger partial charge in [0.1, 0.15) is 6.17 Å². The monoisotopic (exact) mass is 631 g/mol. The Morgan fingerprint density at radius 1 is 0.289 bits per heavy atom. The van der Waals surface area contributed by atoms with Gasteiger partial charge in [-0.3, -0.25) is 0 Å². The van der Waals surface area contributed by atoms with Gasteiger partial charge in [0.05, 0.1) is 0 Å². The van der Waals surface area contributed by atoms with E-state index in [1.807, 2.05) is 0 Å². The van der Waals surface area contributed by atoms with Crippen molar-refractivity contribution in [2.24, 2.45) is 0 Å². The number of nitrogens with zero attached hydrogens (tertiary/aromatic N) is 2. The number of unbranched alkanes of at least 4 members (excludes halogenated alkanes) is 31. The topological polar surface area (TPSA) is 6.48 Å². The Kier molecular flexibility index (Phi) is 32.6. The van der Waals surface area contributed by atoms with E-state index in [0.29, 0.717) is 6.17 Å². The molecule has 0 spiro atoms. The van der Waals surface area contributed by atoms with Crippen LogP contribution in [0.1, 0.15) is 245 Å². The van der Waals surface area contributed by atoms with Crippen LogP contribution in [0, 0.1) is 0 Å². The normalized spacial score (nSPS) is 14.8. The summed E-state index contributed by atoms with van der Waals surface area (Å²) in [6.07, 6.45) is 55.9. The molecule has 0 radical (unpaired) electrons. The van der Waals surface area contributed by atoms with Gasteiger partial charge in [0.2, 0.25) is 0 Å². The van der Waals surface area contributed by atoms with Gasteiger partial charge in [-0.15, -0.1) is 0 Å². The molecule has 0 saturated heterocycles. The van der Waals surface area contributed by atoms with Crippen molar-refractivity contribution in [3.63, 3.8) is 0 Å². The summed E-state index contributed by atoms with van der Waals surface area (Å²) >= 11 is 0. The van der Waals surface area contributed by atoms with Gasteiger partial charge in [0, 0.05) is 25.5 Å². The van der Waals surface area contributed by atoms with Gasteiger partial charge in [0.15, 0.2) is 0 Å². The van der Waals surface area contributed by atoms with Crippen LogP contribution in [0.15, 0.2) is 12.4 Å². The summed E-state index contributed by atoms with van der Waals surface area (Å²) in [7, 11) is 0. The highest BCUT2D eigenvalue weighted by molar-refractivity contribution is 4.97. The van der Waals surface area contributed by atoms with E-state index < -0.39 is 0 Å². The number of hydrogen-bond donors (Lipinski definition) is 0. The van der Waals surface area contributed by atoms with Crippen molar-refractivity contribution in [1.82, 2.24) is 9.80 Å². The van der Waals surface area contributed by atoms with Gasteiger partial charge in [-0.2, -0.15) is 0 Å². The second kappa shape index (κ2) is 34.7. The molecule has 0 aliphatic carbocycles. The Balaban J connectivity index is 2.20. The average molecular weight is 631 g/mol. The molecular formula is C43H86N2. The minimum absolute atomic E-state index is 0.639. The Labute approximate surface area is 286 Å². The van der Waals surface area contributed by atoms with Crippen molar-refractivity contribution >= 4 is 0 Å². The van der Waals surface area contributed by atoms with Gasteiger partial charge < -0.3 is 9.80 Å². The number of hydrogen-bond acceptors (Lipinski definition) is 2. The lowest BCUT2D eigenvalue weighted by Crippen LogP contribution is -2.39. The molecule has 1 atom stereocenters. The second-order valence-electron chi connectivity index (χ2n) is 15.0. The molecule has 1 rings (SSSR count). The van der Waals surface area contributed by atoms with Crippen LogP contribution in [0.2, 0.25) is 0 Å². The first kappa shape index (κ1) is 42.4. The zero-order chi connectivity index (χ0) is 32.3. The lowest BCUT2D eigenvalue weighted by molar-refractivity contribution is 0.135. The third-order valence-electron chi connectivity index (χ3n) is 10.6. The van der Waals surface area contributed by atoms with Crippen LogP contribution in [0.4, 0.5) is 0 Å². The van der Waals surface area contributed by atoms with Crippen molar-refractivity contribution in [3.8, 4) is 0 Å². The minimum atomic E-state index is 0.639. The Morgan fingerprint density at radius 3 is 0.778 bits per heavy atom. The van der Waals surface area contributed by atoms with E-state index in [-0.39, 0.29) is 0 Å². The molecule has 1 aliphatic rings. The van der Waals surface area contributed by atoms with Crippen LogP contribution in [0.5, 0.6) is 0 Å². The fourth-order valence-electron chi connectivity index (χ4n) is 7.42. The summed E-state index contributed by atoms with van der Waals surface area (Å²) in [5.74, 6) is 0. The molecule has 1 unspecified atom stereocenters. The summed E-state index contributed by atoms with van der Waals surface area (Å²) in [4.78, 5) is 5.45. The highest BCUT2D eigenvalue weighted by Crippen LogP contribution is 2.24. The Morgan fingerprint density at radius 2 is 0.511 bits per heavy atom. The maximum atomic E-state index is 2.72. The van der Waals surface area contributed by atoms with Gasteiger partial charge in [-0.1, -0.05) is 220 Å². The zero-order valence-corrected chi connectivity index (χ0v) is 31.8. The molecule has 0 aromatic rings. The molecule has 2 nitrogen and oxygen atoms in total. The first-order valence-electron chi connectivity index (χ1n) is 21.5. The van der Waals surface area contributed by atoms with Crippen LogP contribution in [0.25, 0.3) is 0 Å². The zero-order valence-electron chi connectivity index (χ0n) is 31.8. The van der Waals surface area contributed by atoms with E-state index in [2.05, 4.69) is 43.0 Å². The fourth-order valence-corrected chi connectivity index (χ4v) is 7.42. The van der Waals surface area contributed by atoms with Gasteiger partial charge >= 0.3 is 0 Å². The van der Waals surface area contributed by atoms with Crippen molar-refractivity contribution in [3.05, 3.63) is 12.4 Å². The SMILES string of the molecule is CCCCCCCCCCCCCCCCCC1N(CCCCCCCCCCC)C=CN1CCCCCCCCCCCC. The summed E-state index contributed by atoms with van der Waals surface area (Å²) < 4.78 is 0. The molecule has 2 heteroatoms. The summed E-state index contributed by atoms with van der Waals surface area (Å²) in [6, 6.07) is 0. The van der Waals surface area contributed by atoms with Crippen LogP contribution >= 0.6 is 0 Å². The van der Waals surface area contributed by atoms with E-state index >= 15 is 0 Å². The minimum Gasteiger partial charge on any atom is -0.356 e. The van der Waals surface area contributed by atoms with Crippen molar-refractivity contribution in [2.75, 3.05) is 13.1 Å². The van der Waals surface area contributed by atoms with E-state index in [4.69, 9.17) is 0 Å². The number of rotatable bonds is 37. The highest BCUT2D eigenvalue weighted by atomic mass is 15.4. The fraction of sp³-hybridized carbons (Fsp3) is 0.953. The molecule has 268 valence electrons. The van der Waals surface area contributed by atoms with Crippen LogP contribution in [-0.4, -0.2) is 29.1 Å². The van der Waals surface area contributed by atoms with Gasteiger partial charge in [0.25, 0.3) is 0 Å². The van der Waals surface area contributed by atoms with Crippen molar-refractivity contribution < 1.29 is 0 Å². The van der Waals surface area contributed by atoms with Crippen LogP contribution in [-0.2, 0) is 0 Å². The quantitative estimate of drug-likeness (QED) is 0.0630. The van der Waals surface area contributed by atoms with E-state index in [0.717, 1.165) is 0 Å². The van der Waals surface area contributed by atoms with E-state index in [1.54, 1.807) is 0 Å². The first-order valence-corrected chi connectivity index (χ1v) is 21.5. The Bertz CT molecular complexity index is 586. The summed E-state index contributed by atoms with van der Waals surface area (Å²) in [5, 5.41) is 0. The molecule has 0 N–H and O–H groups in total. The van der Waals surface area contributed by atoms with Gasteiger partial charge in [-0.05, 0) is 25.7 Å². The van der Waals surface area contributed by atoms with Gasteiger partial charge in [-0.25, -0.2) is 0 Å². The first-order chi connectivity index (χ1) is 22.3. The Hall–Kier alpha value is -0.660. The molecule has 0 saturated carbocycles. The lowest BCUT2D eigenvalue weighted by atomic mass is 10.0. The molecule has 0 aromatic carbocycles. The standard InChI is InChI=1S/C43H86N2/c1-4-7-10-13-16-19-21-22-23-24-25-26-29-32-35-38-43-44(39-36-33-30-27-18-15-12-9-6-3)41-42-45(43)40-37-34-31-28-20-17-14-11-8-5-2/h41-43H,4-40H2,1-3H3. The summed E-state index contributed by atoms with van der Waals surface area (Å²) in [5.41, 5.74) is 0. The summed E-state index contributed by atoms with van der Waals surface area (Å²) in [6.45, 7) is 9.49. The van der Waals surface area contributed by atoms with Crippen molar-refractivity contribution in [1.29, 1.82) is 0 Å². The molecule has 45 heavy (non-hydrogen) atoms. The van der Waals surface area contributed by atoms with Crippen LogP contribution < -0.4 is 0 Å². The molecule has 1 heterocycles. The molecular weight excluding hydrogens is 544 g/mol. The third-order valence-corrected chi connectivity index (χ3v) is 10.6. The maximum absolute atomic E-state index is 2.72. The predicted molar refractivity (Wildman–Crippen MR) is 205 cm³/mol. The molecule has 0 aromatic heterocycles. The molecule has 0 amide bonds. The van der Waals surface area contributed by atoms with E-state index in [1.165, 1.54) is 238 Å². The molecule has 0 fully saturated rings. The van der Waals surface area contributed by atoms with Crippen LogP contribution in [0.3, 0.4) is 0 Å². The smallest absolute Gasteiger partial charge is 0.101 e. The van der Waals surface area contributed by atoms with Crippen molar-refractivity contribution in [2.45, 2.75) is 252 Å².